The van der Waals surface area contributed by atoms with Crippen molar-refractivity contribution in [3.05, 3.63) is 83.2 Å². The van der Waals surface area contributed by atoms with Gasteiger partial charge in [-0.3, -0.25) is 9.59 Å². The standard InChI is InChI=1S/C26H28N4O2/c1-18(2)20-12-10-19(11-13-20)15-27-24(31)17-30-14-6-9-23-22(26(30)32)16-28-25(29-23)21-7-4-3-5-8-21/h3-5,7-8,10-13,16,18H,6,9,14-15,17H2,1-2H3,(H,27,31). The maximum Gasteiger partial charge on any atom is 0.257 e. The van der Waals surface area contributed by atoms with Crippen LogP contribution in [0.5, 0.6) is 0 Å². The summed E-state index contributed by atoms with van der Waals surface area (Å²) < 4.78 is 0. The van der Waals surface area contributed by atoms with E-state index in [1.807, 2.05) is 42.5 Å². The minimum absolute atomic E-state index is 0.0305. The van der Waals surface area contributed by atoms with Crippen LogP contribution in [0.15, 0.2) is 60.8 Å². The van der Waals surface area contributed by atoms with Crippen LogP contribution in [0.25, 0.3) is 11.4 Å². The molecule has 2 aromatic carbocycles. The highest BCUT2D eigenvalue weighted by molar-refractivity contribution is 5.97. The Kier molecular flexibility index (Phi) is 6.59. The number of carbonyl (C=O) groups is 2. The molecule has 4 rings (SSSR count). The number of amides is 2. The van der Waals surface area contributed by atoms with Gasteiger partial charge in [0.25, 0.3) is 5.91 Å². The fourth-order valence-corrected chi connectivity index (χ4v) is 3.82. The van der Waals surface area contributed by atoms with E-state index < -0.39 is 0 Å². The van der Waals surface area contributed by atoms with E-state index in [9.17, 15) is 9.59 Å². The number of nitrogens with one attached hydrogen (secondary N) is 1. The Bertz CT molecular complexity index is 1090. The SMILES string of the molecule is CC(C)c1ccc(CNC(=O)CN2CCCc3nc(-c4ccccc4)ncc3C2=O)cc1. The number of hydrogen-bond donors (Lipinski definition) is 1. The average molecular weight is 429 g/mol. The molecule has 0 saturated heterocycles. The molecule has 0 aliphatic carbocycles. The van der Waals surface area contributed by atoms with E-state index >= 15 is 0 Å². The molecule has 164 valence electrons. The fraction of sp³-hybridized carbons (Fsp3) is 0.308. The molecule has 0 radical (unpaired) electrons. The number of benzene rings is 2. The van der Waals surface area contributed by atoms with Crippen LogP contribution in [0.2, 0.25) is 0 Å². The first-order valence-corrected chi connectivity index (χ1v) is 11.1. The molecule has 0 fully saturated rings. The summed E-state index contributed by atoms with van der Waals surface area (Å²) in [6.45, 7) is 5.30. The minimum Gasteiger partial charge on any atom is -0.350 e. The van der Waals surface area contributed by atoms with Gasteiger partial charge in [0.2, 0.25) is 5.91 Å². The molecule has 32 heavy (non-hydrogen) atoms. The van der Waals surface area contributed by atoms with Gasteiger partial charge in [0.15, 0.2) is 5.82 Å². The predicted molar refractivity (Wildman–Crippen MR) is 124 cm³/mol. The van der Waals surface area contributed by atoms with E-state index in [1.165, 1.54) is 5.56 Å². The first kappa shape index (κ1) is 21.7. The van der Waals surface area contributed by atoms with Crippen molar-refractivity contribution in [3.8, 4) is 11.4 Å². The van der Waals surface area contributed by atoms with Crippen molar-refractivity contribution in [2.45, 2.75) is 39.2 Å². The van der Waals surface area contributed by atoms with Gasteiger partial charge < -0.3 is 10.2 Å². The Hall–Kier alpha value is -3.54. The summed E-state index contributed by atoms with van der Waals surface area (Å²) in [6, 6.07) is 18.0. The lowest BCUT2D eigenvalue weighted by Gasteiger charge is -2.20. The molecular formula is C26H28N4O2. The van der Waals surface area contributed by atoms with E-state index in [1.54, 1.807) is 11.1 Å². The van der Waals surface area contributed by atoms with E-state index in [-0.39, 0.29) is 18.4 Å². The lowest BCUT2D eigenvalue weighted by Crippen LogP contribution is -2.40. The molecule has 1 N–H and O–H groups in total. The van der Waals surface area contributed by atoms with Crippen LogP contribution in [-0.4, -0.2) is 39.8 Å². The molecule has 2 heterocycles. The first-order valence-electron chi connectivity index (χ1n) is 11.1. The Morgan fingerprint density at radius 1 is 1.09 bits per heavy atom. The summed E-state index contributed by atoms with van der Waals surface area (Å²) in [6.07, 6.45) is 3.04. The third-order valence-electron chi connectivity index (χ3n) is 5.73. The summed E-state index contributed by atoms with van der Waals surface area (Å²) in [4.78, 5) is 36.2. The molecule has 0 atom stereocenters. The topological polar surface area (TPSA) is 75.2 Å². The minimum atomic E-state index is -0.187. The number of rotatable bonds is 6. The molecule has 1 aliphatic rings. The largest absolute Gasteiger partial charge is 0.350 e. The van der Waals surface area contributed by atoms with Crippen LogP contribution in [0.1, 0.15) is 53.4 Å². The second-order valence-electron chi connectivity index (χ2n) is 8.42. The zero-order valence-electron chi connectivity index (χ0n) is 18.5. The van der Waals surface area contributed by atoms with Crippen LogP contribution in [0.3, 0.4) is 0 Å². The Morgan fingerprint density at radius 3 is 2.56 bits per heavy atom. The van der Waals surface area contributed by atoms with Gasteiger partial charge in [0.1, 0.15) is 0 Å². The van der Waals surface area contributed by atoms with Gasteiger partial charge >= 0.3 is 0 Å². The van der Waals surface area contributed by atoms with Crippen LogP contribution in [0.4, 0.5) is 0 Å². The normalized spacial score (nSPS) is 13.6. The second-order valence-corrected chi connectivity index (χ2v) is 8.42. The van der Waals surface area contributed by atoms with Crippen LogP contribution in [0, 0.1) is 0 Å². The van der Waals surface area contributed by atoms with Crippen molar-refractivity contribution in [1.29, 1.82) is 0 Å². The lowest BCUT2D eigenvalue weighted by atomic mass is 10.0. The average Bonchev–Trinajstić information content (AvgIpc) is 2.97. The van der Waals surface area contributed by atoms with Crippen molar-refractivity contribution in [1.82, 2.24) is 20.2 Å². The first-order chi connectivity index (χ1) is 15.5. The third-order valence-corrected chi connectivity index (χ3v) is 5.73. The van der Waals surface area contributed by atoms with Crippen molar-refractivity contribution in [2.75, 3.05) is 13.1 Å². The van der Waals surface area contributed by atoms with E-state index in [0.29, 0.717) is 36.8 Å². The summed E-state index contributed by atoms with van der Waals surface area (Å²) in [5, 5.41) is 2.93. The monoisotopic (exact) mass is 428 g/mol. The van der Waals surface area contributed by atoms with Crippen molar-refractivity contribution in [2.24, 2.45) is 0 Å². The van der Waals surface area contributed by atoms with Crippen LogP contribution in [-0.2, 0) is 17.8 Å². The highest BCUT2D eigenvalue weighted by atomic mass is 16.2. The number of aromatic nitrogens is 2. The highest BCUT2D eigenvalue weighted by Gasteiger charge is 2.26. The third kappa shape index (κ3) is 5.02. The van der Waals surface area contributed by atoms with E-state index in [0.717, 1.165) is 23.2 Å². The lowest BCUT2D eigenvalue weighted by molar-refractivity contribution is -0.122. The molecule has 3 aromatic rings. The molecule has 0 bridgehead atoms. The van der Waals surface area contributed by atoms with Gasteiger partial charge in [-0.2, -0.15) is 0 Å². The number of hydrogen-bond acceptors (Lipinski definition) is 4. The molecule has 0 saturated carbocycles. The molecule has 6 nitrogen and oxygen atoms in total. The smallest absolute Gasteiger partial charge is 0.257 e. The zero-order valence-corrected chi connectivity index (χ0v) is 18.5. The molecule has 0 spiro atoms. The molecule has 2 amide bonds. The highest BCUT2D eigenvalue weighted by Crippen LogP contribution is 2.21. The van der Waals surface area contributed by atoms with Crippen molar-refractivity contribution >= 4 is 11.8 Å². The van der Waals surface area contributed by atoms with Gasteiger partial charge in [-0.15, -0.1) is 0 Å². The maximum atomic E-state index is 13.1. The number of nitrogens with zero attached hydrogens (tertiary/aromatic N) is 3. The predicted octanol–water partition coefficient (Wildman–Crippen LogP) is 3.97. The van der Waals surface area contributed by atoms with Crippen molar-refractivity contribution < 1.29 is 9.59 Å². The summed E-state index contributed by atoms with van der Waals surface area (Å²) in [5.74, 6) is 0.736. The van der Waals surface area contributed by atoms with E-state index in [4.69, 9.17) is 0 Å². The molecule has 6 heteroatoms. The molecule has 0 unspecified atom stereocenters. The quantitative estimate of drug-likeness (QED) is 0.645. The van der Waals surface area contributed by atoms with Gasteiger partial charge in [-0.1, -0.05) is 68.4 Å². The van der Waals surface area contributed by atoms with Crippen molar-refractivity contribution in [3.63, 3.8) is 0 Å². The van der Waals surface area contributed by atoms with Crippen LogP contribution < -0.4 is 5.32 Å². The maximum absolute atomic E-state index is 13.1. The molecule has 1 aromatic heterocycles. The summed E-state index contributed by atoms with van der Waals surface area (Å²) >= 11 is 0. The van der Waals surface area contributed by atoms with Gasteiger partial charge in [0, 0.05) is 24.8 Å². The molecular weight excluding hydrogens is 400 g/mol. The zero-order chi connectivity index (χ0) is 22.5. The Morgan fingerprint density at radius 2 is 1.84 bits per heavy atom. The Labute approximate surface area is 188 Å². The van der Waals surface area contributed by atoms with E-state index in [2.05, 4.69) is 41.3 Å². The summed E-state index contributed by atoms with van der Waals surface area (Å²) in [5.41, 5.74) is 4.46. The summed E-state index contributed by atoms with van der Waals surface area (Å²) in [7, 11) is 0. The van der Waals surface area contributed by atoms with Gasteiger partial charge in [-0.25, -0.2) is 9.97 Å². The Balaban J connectivity index is 1.39. The van der Waals surface area contributed by atoms with Crippen LogP contribution >= 0.6 is 0 Å². The second kappa shape index (κ2) is 9.73. The fourth-order valence-electron chi connectivity index (χ4n) is 3.82. The number of carbonyl (C=O) groups excluding carboxylic acids is 2. The van der Waals surface area contributed by atoms with Gasteiger partial charge in [0.05, 0.1) is 17.8 Å². The number of aryl methyl sites for hydroxylation is 1. The van der Waals surface area contributed by atoms with Gasteiger partial charge in [-0.05, 0) is 29.9 Å². The number of fused-ring (bicyclic) bond motifs is 1. The molecule has 1 aliphatic heterocycles.